The third kappa shape index (κ3) is 3.58. The van der Waals surface area contributed by atoms with E-state index in [2.05, 4.69) is 31.3 Å². The highest BCUT2D eigenvalue weighted by Crippen LogP contribution is 2.22. The first-order chi connectivity index (χ1) is 9.58. The van der Waals surface area contributed by atoms with Crippen LogP contribution in [0.15, 0.2) is 48.5 Å². The summed E-state index contributed by atoms with van der Waals surface area (Å²) in [5, 5.41) is 12.6. The van der Waals surface area contributed by atoms with Gasteiger partial charge in [0.1, 0.15) is 0 Å². The number of halogens is 1. The molecule has 3 heteroatoms. The lowest BCUT2D eigenvalue weighted by atomic mass is 9.96. The van der Waals surface area contributed by atoms with E-state index in [0.717, 1.165) is 5.56 Å². The molecule has 106 valence electrons. The van der Waals surface area contributed by atoms with Crippen LogP contribution in [0.2, 0.25) is 0 Å². The molecule has 0 fully saturated rings. The van der Waals surface area contributed by atoms with Gasteiger partial charge >= 0.3 is 0 Å². The van der Waals surface area contributed by atoms with E-state index < -0.39 is 5.82 Å². The van der Waals surface area contributed by atoms with Gasteiger partial charge in [0.2, 0.25) is 0 Å². The molecule has 20 heavy (non-hydrogen) atoms. The normalized spacial score (nSPS) is 12.6. The van der Waals surface area contributed by atoms with E-state index in [4.69, 9.17) is 0 Å². The highest BCUT2D eigenvalue weighted by Gasteiger charge is 2.15. The molecule has 0 saturated carbocycles. The van der Waals surface area contributed by atoms with E-state index in [1.807, 2.05) is 18.2 Å². The number of phenolic OH excluding ortho intramolecular Hbond substituents is 1. The molecule has 2 N–H and O–H groups in total. The van der Waals surface area contributed by atoms with Crippen LogP contribution in [0, 0.1) is 11.7 Å². The van der Waals surface area contributed by atoms with Gasteiger partial charge in [0, 0.05) is 12.6 Å². The summed E-state index contributed by atoms with van der Waals surface area (Å²) < 4.78 is 13.3. The SMILES string of the molecule is CC(C)C(NCc1ccc(O)c(F)c1)c1ccccc1. The Morgan fingerprint density at radius 3 is 2.40 bits per heavy atom. The van der Waals surface area contributed by atoms with Crippen LogP contribution in [-0.4, -0.2) is 5.11 Å². The molecule has 0 aliphatic rings. The number of aromatic hydroxyl groups is 1. The van der Waals surface area contributed by atoms with Crippen molar-refractivity contribution in [3.8, 4) is 5.75 Å². The molecule has 0 amide bonds. The summed E-state index contributed by atoms with van der Waals surface area (Å²) >= 11 is 0. The largest absolute Gasteiger partial charge is 0.505 e. The molecule has 0 saturated heterocycles. The van der Waals surface area contributed by atoms with Crippen LogP contribution in [0.3, 0.4) is 0 Å². The zero-order valence-electron chi connectivity index (χ0n) is 11.8. The van der Waals surface area contributed by atoms with Crippen LogP contribution in [0.4, 0.5) is 4.39 Å². The van der Waals surface area contributed by atoms with Crippen molar-refractivity contribution in [2.45, 2.75) is 26.4 Å². The minimum Gasteiger partial charge on any atom is -0.505 e. The lowest BCUT2D eigenvalue weighted by molar-refractivity contribution is 0.408. The van der Waals surface area contributed by atoms with Crippen molar-refractivity contribution in [2.75, 3.05) is 0 Å². The monoisotopic (exact) mass is 273 g/mol. The van der Waals surface area contributed by atoms with Gasteiger partial charge in [-0.15, -0.1) is 0 Å². The second-order valence-electron chi connectivity index (χ2n) is 5.30. The molecule has 2 rings (SSSR count). The van der Waals surface area contributed by atoms with E-state index in [-0.39, 0.29) is 11.8 Å². The van der Waals surface area contributed by atoms with Crippen molar-refractivity contribution >= 4 is 0 Å². The van der Waals surface area contributed by atoms with E-state index in [0.29, 0.717) is 12.5 Å². The number of nitrogens with one attached hydrogen (secondary N) is 1. The Morgan fingerprint density at radius 1 is 1.10 bits per heavy atom. The van der Waals surface area contributed by atoms with E-state index >= 15 is 0 Å². The van der Waals surface area contributed by atoms with Crippen LogP contribution in [0.25, 0.3) is 0 Å². The third-order valence-electron chi connectivity index (χ3n) is 3.36. The summed E-state index contributed by atoms with van der Waals surface area (Å²) in [5.41, 5.74) is 2.05. The Kier molecular flexibility index (Phi) is 4.74. The predicted molar refractivity (Wildman–Crippen MR) is 78.9 cm³/mol. The highest BCUT2D eigenvalue weighted by atomic mass is 19.1. The number of hydrogen-bond acceptors (Lipinski definition) is 2. The average Bonchev–Trinajstić information content (AvgIpc) is 2.44. The molecule has 2 aromatic rings. The average molecular weight is 273 g/mol. The fraction of sp³-hybridized carbons (Fsp3) is 0.294. The van der Waals surface area contributed by atoms with Crippen molar-refractivity contribution in [1.82, 2.24) is 5.32 Å². The van der Waals surface area contributed by atoms with Crippen LogP contribution in [0.1, 0.15) is 31.0 Å². The van der Waals surface area contributed by atoms with Gasteiger partial charge in [-0.1, -0.05) is 50.2 Å². The fourth-order valence-corrected chi connectivity index (χ4v) is 2.29. The van der Waals surface area contributed by atoms with Crippen molar-refractivity contribution in [3.63, 3.8) is 0 Å². The molecule has 0 bridgehead atoms. The molecule has 2 nitrogen and oxygen atoms in total. The third-order valence-corrected chi connectivity index (χ3v) is 3.36. The van der Waals surface area contributed by atoms with Crippen molar-refractivity contribution < 1.29 is 9.50 Å². The Balaban J connectivity index is 2.08. The zero-order valence-corrected chi connectivity index (χ0v) is 11.8. The van der Waals surface area contributed by atoms with Crippen molar-refractivity contribution in [2.24, 2.45) is 5.92 Å². The minimum absolute atomic E-state index is 0.216. The van der Waals surface area contributed by atoms with Crippen LogP contribution in [-0.2, 0) is 6.54 Å². The Labute approximate surface area is 119 Å². The van der Waals surface area contributed by atoms with Gasteiger partial charge in [-0.2, -0.15) is 0 Å². The van der Waals surface area contributed by atoms with Gasteiger partial charge in [-0.3, -0.25) is 0 Å². The first kappa shape index (κ1) is 14.5. The second-order valence-corrected chi connectivity index (χ2v) is 5.30. The Hall–Kier alpha value is -1.87. The highest BCUT2D eigenvalue weighted by molar-refractivity contribution is 5.28. The predicted octanol–water partition coefficient (Wildman–Crippen LogP) is 4.02. The van der Waals surface area contributed by atoms with Gasteiger partial charge in [-0.05, 0) is 29.2 Å². The smallest absolute Gasteiger partial charge is 0.165 e. The molecule has 2 aromatic carbocycles. The fourth-order valence-electron chi connectivity index (χ4n) is 2.29. The lowest BCUT2D eigenvalue weighted by Gasteiger charge is -2.23. The van der Waals surface area contributed by atoms with Gasteiger partial charge < -0.3 is 10.4 Å². The van der Waals surface area contributed by atoms with E-state index in [1.54, 1.807) is 6.07 Å². The van der Waals surface area contributed by atoms with Crippen LogP contribution in [0.5, 0.6) is 5.75 Å². The van der Waals surface area contributed by atoms with Crippen molar-refractivity contribution in [1.29, 1.82) is 0 Å². The zero-order chi connectivity index (χ0) is 14.5. The molecule has 0 heterocycles. The summed E-state index contributed by atoms with van der Waals surface area (Å²) in [4.78, 5) is 0. The van der Waals surface area contributed by atoms with Gasteiger partial charge in [0.15, 0.2) is 11.6 Å². The van der Waals surface area contributed by atoms with Gasteiger partial charge in [-0.25, -0.2) is 4.39 Å². The molecule has 1 unspecified atom stereocenters. The number of benzene rings is 2. The minimum atomic E-state index is -0.579. The standard InChI is InChI=1S/C17H20FNO/c1-12(2)17(14-6-4-3-5-7-14)19-11-13-8-9-16(20)15(18)10-13/h3-10,12,17,19-20H,11H2,1-2H3. The summed E-state index contributed by atoms with van der Waals surface area (Å²) in [5.74, 6) is -0.457. The molecule has 0 aliphatic heterocycles. The summed E-state index contributed by atoms with van der Waals surface area (Å²) in [6, 6.07) is 14.9. The Bertz CT molecular complexity index is 554. The maximum absolute atomic E-state index is 13.3. The first-order valence-corrected chi connectivity index (χ1v) is 6.83. The molecule has 0 spiro atoms. The lowest BCUT2D eigenvalue weighted by Crippen LogP contribution is -2.25. The molecule has 1 atom stereocenters. The van der Waals surface area contributed by atoms with E-state index in [1.165, 1.54) is 17.7 Å². The Morgan fingerprint density at radius 2 is 1.80 bits per heavy atom. The first-order valence-electron chi connectivity index (χ1n) is 6.83. The second kappa shape index (κ2) is 6.53. The van der Waals surface area contributed by atoms with Crippen LogP contribution < -0.4 is 5.32 Å². The molecular formula is C17H20FNO. The van der Waals surface area contributed by atoms with Gasteiger partial charge in [0.05, 0.1) is 0 Å². The van der Waals surface area contributed by atoms with Gasteiger partial charge in [0.25, 0.3) is 0 Å². The molecule has 0 aromatic heterocycles. The maximum Gasteiger partial charge on any atom is 0.165 e. The topological polar surface area (TPSA) is 32.3 Å². The quantitative estimate of drug-likeness (QED) is 0.862. The molecule has 0 radical (unpaired) electrons. The number of phenols is 1. The van der Waals surface area contributed by atoms with Crippen LogP contribution >= 0.6 is 0 Å². The summed E-state index contributed by atoms with van der Waals surface area (Å²) in [7, 11) is 0. The van der Waals surface area contributed by atoms with Crippen molar-refractivity contribution in [3.05, 3.63) is 65.5 Å². The number of hydrogen-bond donors (Lipinski definition) is 2. The number of rotatable bonds is 5. The molecule has 0 aliphatic carbocycles. The molecular weight excluding hydrogens is 253 g/mol. The van der Waals surface area contributed by atoms with E-state index in [9.17, 15) is 9.50 Å². The maximum atomic E-state index is 13.3. The summed E-state index contributed by atoms with van der Waals surface area (Å²) in [6.07, 6.45) is 0. The summed E-state index contributed by atoms with van der Waals surface area (Å²) in [6.45, 7) is 4.87.